The number of nitrogens with zero attached hydrogens (tertiary/aromatic N) is 4. The van der Waals surface area contributed by atoms with Crippen LogP contribution >= 0.6 is 0 Å². The Kier molecular flexibility index (Phi) is 4.74. The van der Waals surface area contributed by atoms with Crippen molar-refractivity contribution in [3.63, 3.8) is 0 Å². The molecule has 1 aliphatic rings. The van der Waals surface area contributed by atoms with Crippen LogP contribution in [0.5, 0.6) is 0 Å². The highest BCUT2D eigenvalue weighted by molar-refractivity contribution is 5.95. The zero-order valence-electron chi connectivity index (χ0n) is 15.2. The highest BCUT2D eigenvalue weighted by Gasteiger charge is 2.30. The first kappa shape index (κ1) is 17.4. The molecule has 1 amide bonds. The maximum absolute atomic E-state index is 13.1. The molecule has 1 aliphatic carbocycles. The number of amides is 1. The molecule has 0 atom stereocenters. The molecule has 2 aromatic rings. The molecule has 134 valence electrons. The zero-order chi connectivity index (χ0) is 18.1. The van der Waals surface area contributed by atoms with Crippen molar-refractivity contribution in [1.82, 2.24) is 19.7 Å². The summed E-state index contributed by atoms with van der Waals surface area (Å²) < 4.78 is 7.21. The fourth-order valence-electron chi connectivity index (χ4n) is 2.81. The van der Waals surface area contributed by atoms with Crippen LogP contribution in [-0.4, -0.2) is 31.6 Å². The van der Waals surface area contributed by atoms with Crippen LogP contribution in [-0.2, 0) is 13.0 Å². The monoisotopic (exact) mass is 344 g/mol. The van der Waals surface area contributed by atoms with E-state index in [1.165, 1.54) is 0 Å². The predicted octanol–water partition coefficient (Wildman–Crippen LogP) is 2.49. The Hall–Kier alpha value is -2.44. The van der Waals surface area contributed by atoms with Gasteiger partial charge in [-0.1, -0.05) is 6.92 Å². The molecule has 0 aliphatic heterocycles. The third-order valence-electron chi connectivity index (χ3n) is 4.48. The van der Waals surface area contributed by atoms with Crippen LogP contribution in [0.1, 0.15) is 67.4 Å². The van der Waals surface area contributed by atoms with E-state index in [4.69, 9.17) is 4.42 Å². The number of pyridine rings is 1. The molecule has 7 nitrogen and oxygen atoms in total. The lowest BCUT2D eigenvalue weighted by Gasteiger charge is -2.26. The minimum Gasteiger partial charge on any atom is -0.423 e. The first-order chi connectivity index (χ1) is 11.9. The minimum atomic E-state index is -0.288. The number of rotatable bonds is 6. The van der Waals surface area contributed by atoms with Gasteiger partial charge in [-0.25, -0.2) is 0 Å². The molecule has 0 radical (unpaired) electrons. The number of carbonyl (C=O) groups is 1. The average Bonchev–Trinajstić information content (AvgIpc) is 3.30. The second-order valence-corrected chi connectivity index (χ2v) is 6.79. The third kappa shape index (κ3) is 3.50. The van der Waals surface area contributed by atoms with Crippen molar-refractivity contribution >= 4 is 5.91 Å². The van der Waals surface area contributed by atoms with Gasteiger partial charge in [0, 0.05) is 24.7 Å². The van der Waals surface area contributed by atoms with Crippen molar-refractivity contribution in [2.75, 3.05) is 0 Å². The first-order valence-corrected chi connectivity index (χ1v) is 8.76. The van der Waals surface area contributed by atoms with Gasteiger partial charge in [0.2, 0.25) is 11.8 Å². The highest BCUT2D eigenvalue weighted by atomic mass is 16.4. The normalized spacial score (nSPS) is 14.1. The Morgan fingerprint density at radius 3 is 2.60 bits per heavy atom. The fourth-order valence-corrected chi connectivity index (χ4v) is 2.81. The van der Waals surface area contributed by atoms with Crippen LogP contribution in [0.3, 0.4) is 0 Å². The van der Waals surface area contributed by atoms with E-state index in [1.54, 1.807) is 22.6 Å². The summed E-state index contributed by atoms with van der Waals surface area (Å²) >= 11 is 0. The van der Waals surface area contributed by atoms with E-state index in [2.05, 4.69) is 10.2 Å². The smallest absolute Gasteiger partial charge is 0.263 e. The number of hydrogen-bond donors (Lipinski definition) is 0. The minimum absolute atomic E-state index is 0.0992. The number of aromatic nitrogens is 3. The standard InChI is InChI=1S/C18H24N4O3/c1-5-14-19-20-15(25-14)10-22(11(2)3)18(24)16-12(4)8-9-21(17(16)23)13-6-7-13/h8-9,11,13H,5-7,10H2,1-4H3. The van der Waals surface area contributed by atoms with Gasteiger partial charge in [0.1, 0.15) is 5.56 Å². The SMILES string of the molecule is CCc1nnc(CN(C(=O)c2c(C)ccn(C3CC3)c2=O)C(C)C)o1. The molecule has 7 heteroatoms. The van der Waals surface area contributed by atoms with Crippen molar-refractivity contribution in [2.24, 2.45) is 0 Å². The van der Waals surface area contributed by atoms with Gasteiger partial charge in [-0.05, 0) is 45.2 Å². The Balaban J connectivity index is 1.93. The van der Waals surface area contributed by atoms with E-state index >= 15 is 0 Å². The van der Waals surface area contributed by atoms with Crippen LogP contribution in [0, 0.1) is 6.92 Å². The van der Waals surface area contributed by atoms with Gasteiger partial charge in [0.25, 0.3) is 11.5 Å². The summed E-state index contributed by atoms with van der Waals surface area (Å²) in [6.45, 7) is 7.74. The lowest BCUT2D eigenvalue weighted by molar-refractivity contribution is 0.0668. The van der Waals surface area contributed by atoms with Crippen molar-refractivity contribution in [3.8, 4) is 0 Å². The molecule has 1 fully saturated rings. The molecule has 0 bridgehead atoms. The summed E-state index contributed by atoms with van der Waals surface area (Å²) in [5.74, 6) is 0.636. The number of aryl methyl sites for hydroxylation is 2. The first-order valence-electron chi connectivity index (χ1n) is 8.76. The number of carbonyl (C=O) groups excluding carboxylic acids is 1. The molecule has 1 saturated carbocycles. The van der Waals surface area contributed by atoms with E-state index in [0.29, 0.717) is 23.8 Å². The van der Waals surface area contributed by atoms with Crippen molar-refractivity contribution in [1.29, 1.82) is 0 Å². The Morgan fingerprint density at radius 1 is 1.36 bits per heavy atom. The Labute approximate surface area is 146 Å². The second-order valence-electron chi connectivity index (χ2n) is 6.79. The Bertz CT molecular complexity index is 833. The molecule has 0 saturated heterocycles. The summed E-state index contributed by atoms with van der Waals surface area (Å²) in [7, 11) is 0. The highest BCUT2D eigenvalue weighted by Crippen LogP contribution is 2.33. The lowest BCUT2D eigenvalue weighted by Crippen LogP contribution is -2.40. The van der Waals surface area contributed by atoms with E-state index < -0.39 is 0 Å². The molecule has 25 heavy (non-hydrogen) atoms. The van der Waals surface area contributed by atoms with Gasteiger partial charge in [0.05, 0.1) is 6.54 Å². The summed E-state index contributed by atoms with van der Waals surface area (Å²) in [6, 6.07) is 1.97. The van der Waals surface area contributed by atoms with E-state index in [1.807, 2.05) is 26.8 Å². The van der Waals surface area contributed by atoms with Gasteiger partial charge in [-0.3, -0.25) is 9.59 Å². The molecular weight excluding hydrogens is 320 g/mol. The van der Waals surface area contributed by atoms with Gasteiger partial charge in [-0.2, -0.15) is 0 Å². The number of hydrogen-bond acceptors (Lipinski definition) is 5. The molecule has 3 rings (SSSR count). The van der Waals surface area contributed by atoms with E-state index in [9.17, 15) is 9.59 Å². The lowest BCUT2D eigenvalue weighted by atomic mass is 10.1. The van der Waals surface area contributed by atoms with Crippen molar-refractivity contribution in [3.05, 3.63) is 45.5 Å². The van der Waals surface area contributed by atoms with Crippen LogP contribution in [0.25, 0.3) is 0 Å². The maximum atomic E-state index is 13.1. The zero-order valence-corrected chi connectivity index (χ0v) is 15.2. The molecule has 0 spiro atoms. The van der Waals surface area contributed by atoms with E-state index in [0.717, 1.165) is 12.8 Å². The molecule has 2 aromatic heterocycles. The van der Waals surface area contributed by atoms with Crippen molar-refractivity contribution in [2.45, 2.75) is 65.6 Å². The fraction of sp³-hybridized carbons (Fsp3) is 0.556. The molecule has 0 N–H and O–H groups in total. The molecular formula is C18H24N4O3. The maximum Gasteiger partial charge on any atom is 0.263 e. The van der Waals surface area contributed by atoms with E-state index in [-0.39, 0.29) is 35.7 Å². The Morgan fingerprint density at radius 2 is 2.04 bits per heavy atom. The van der Waals surface area contributed by atoms with Gasteiger partial charge >= 0.3 is 0 Å². The summed E-state index contributed by atoms with van der Waals surface area (Å²) in [6.07, 6.45) is 4.42. The molecule has 0 aromatic carbocycles. The summed E-state index contributed by atoms with van der Waals surface area (Å²) in [5.41, 5.74) is 0.716. The van der Waals surface area contributed by atoms with Gasteiger partial charge < -0.3 is 13.9 Å². The molecule has 0 unspecified atom stereocenters. The summed E-state index contributed by atoms with van der Waals surface area (Å²) in [4.78, 5) is 27.5. The van der Waals surface area contributed by atoms with Crippen LogP contribution in [0.15, 0.2) is 21.5 Å². The van der Waals surface area contributed by atoms with Gasteiger partial charge in [0.15, 0.2) is 0 Å². The van der Waals surface area contributed by atoms with Crippen LogP contribution in [0.2, 0.25) is 0 Å². The van der Waals surface area contributed by atoms with Crippen molar-refractivity contribution < 1.29 is 9.21 Å². The quantitative estimate of drug-likeness (QED) is 0.804. The average molecular weight is 344 g/mol. The largest absolute Gasteiger partial charge is 0.423 e. The molecule has 2 heterocycles. The topological polar surface area (TPSA) is 81.2 Å². The van der Waals surface area contributed by atoms with Crippen LogP contribution < -0.4 is 5.56 Å². The van der Waals surface area contributed by atoms with Crippen LogP contribution in [0.4, 0.5) is 0 Å². The van der Waals surface area contributed by atoms with Gasteiger partial charge in [-0.15, -0.1) is 10.2 Å². The predicted molar refractivity (Wildman–Crippen MR) is 92.4 cm³/mol. The summed E-state index contributed by atoms with van der Waals surface area (Å²) in [5, 5.41) is 7.93. The third-order valence-corrected chi connectivity index (χ3v) is 4.48. The second kappa shape index (κ2) is 6.82.